The van der Waals surface area contributed by atoms with Crippen LogP contribution >= 0.6 is 0 Å². The van der Waals surface area contributed by atoms with E-state index < -0.39 is 11.4 Å². The molecule has 0 saturated heterocycles. The fourth-order valence-corrected chi connectivity index (χ4v) is 1.81. The summed E-state index contributed by atoms with van der Waals surface area (Å²) in [5, 5.41) is 12.2. The topological polar surface area (TPSA) is 62.2 Å². The van der Waals surface area contributed by atoms with Gasteiger partial charge in [0.1, 0.15) is 0 Å². The number of aromatic nitrogens is 1. The first-order chi connectivity index (χ1) is 7.23. The maximum atomic E-state index is 11.1. The molecule has 0 spiro atoms. The van der Waals surface area contributed by atoms with Gasteiger partial charge in [0.15, 0.2) is 0 Å². The molecular formula is C11H14N2O2. The molecule has 0 radical (unpaired) electrons. The van der Waals surface area contributed by atoms with E-state index in [1.807, 2.05) is 12.1 Å². The Labute approximate surface area is 88.3 Å². The van der Waals surface area contributed by atoms with E-state index in [9.17, 15) is 4.79 Å². The standard InChI is InChI=1S/C11H14N2O2/c14-10(15)11(4-2-5-11)8-13-9-3-1-6-12-7-9/h1,3,6-7,13H,2,4-5,8H2,(H,14,15). The van der Waals surface area contributed by atoms with Gasteiger partial charge in [-0.3, -0.25) is 9.78 Å². The van der Waals surface area contributed by atoms with Crippen molar-refractivity contribution in [2.45, 2.75) is 19.3 Å². The van der Waals surface area contributed by atoms with E-state index in [1.165, 1.54) is 0 Å². The summed E-state index contributed by atoms with van der Waals surface area (Å²) in [6.07, 6.45) is 5.96. The Balaban J connectivity index is 1.95. The third-order valence-corrected chi connectivity index (χ3v) is 3.06. The molecule has 0 amide bonds. The van der Waals surface area contributed by atoms with Crippen molar-refractivity contribution in [2.75, 3.05) is 11.9 Å². The molecule has 1 aliphatic carbocycles. The Morgan fingerprint density at radius 2 is 2.40 bits per heavy atom. The lowest BCUT2D eigenvalue weighted by Crippen LogP contribution is -2.43. The van der Waals surface area contributed by atoms with Crippen LogP contribution < -0.4 is 5.32 Å². The van der Waals surface area contributed by atoms with Crippen LogP contribution in [0.25, 0.3) is 0 Å². The number of nitrogens with zero attached hydrogens (tertiary/aromatic N) is 1. The molecule has 2 rings (SSSR count). The van der Waals surface area contributed by atoms with Crippen LogP contribution in [0.2, 0.25) is 0 Å². The Morgan fingerprint density at radius 3 is 2.87 bits per heavy atom. The van der Waals surface area contributed by atoms with E-state index >= 15 is 0 Å². The lowest BCUT2D eigenvalue weighted by atomic mass is 9.69. The summed E-state index contributed by atoms with van der Waals surface area (Å²) >= 11 is 0. The van der Waals surface area contributed by atoms with Crippen molar-refractivity contribution in [3.05, 3.63) is 24.5 Å². The Morgan fingerprint density at radius 1 is 1.60 bits per heavy atom. The number of nitrogens with one attached hydrogen (secondary N) is 1. The van der Waals surface area contributed by atoms with Crippen LogP contribution in [0.3, 0.4) is 0 Å². The van der Waals surface area contributed by atoms with Gasteiger partial charge in [0.25, 0.3) is 0 Å². The number of anilines is 1. The smallest absolute Gasteiger partial charge is 0.311 e. The van der Waals surface area contributed by atoms with Gasteiger partial charge in [-0.1, -0.05) is 6.42 Å². The molecule has 4 heteroatoms. The van der Waals surface area contributed by atoms with Gasteiger partial charge >= 0.3 is 5.97 Å². The predicted octanol–water partition coefficient (Wildman–Crippen LogP) is 1.75. The summed E-state index contributed by atoms with van der Waals surface area (Å²) in [4.78, 5) is 15.0. The van der Waals surface area contributed by atoms with E-state index in [0.717, 1.165) is 24.9 Å². The van der Waals surface area contributed by atoms with Crippen molar-refractivity contribution in [1.29, 1.82) is 0 Å². The third kappa shape index (κ3) is 1.93. The summed E-state index contributed by atoms with van der Waals surface area (Å²) in [5.74, 6) is -0.690. The first kappa shape index (κ1) is 9.96. The van der Waals surface area contributed by atoms with E-state index in [4.69, 9.17) is 5.11 Å². The minimum absolute atomic E-state index is 0.494. The largest absolute Gasteiger partial charge is 0.481 e. The van der Waals surface area contributed by atoms with Gasteiger partial charge < -0.3 is 10.4 Å². The summed E-state index contributed by atoms with van der Waals surface area (Å²) in [7, 11) is 0. The molecule has 0 unspecified atom stereocenters. The molecule has 80 valence electrons. The summed E-state index contributed by atoms with van der Waals surface area (Å²) in [6.45, 7) is 0.494. The lowest BCUT2D eigenvalue weighted by molar-refractivity contribution is -0.153. The molecular weight excluding hydrogens is 192 g/mol. The molecule has 0 atom stereocenters. The lowest BCUT2D eigenvalue weighted by Gasteiger charge is -2.37. The van der Waals surface area contributed by atoms with Gasteiger partial charge in [0.2, 0.25) is 0 Å². The van der Waals surface area contributed by atoms with Crippen molar-refractivity contribution in [2.24, 2.45) is 5.41 Å². The van der Waals surface area contributed by atoms with Crippen LogP contribution in [0, 0.1) is 5.41 Å². The van der Waals surface area contributed by atoms with Gasteiger partial charge in [-0.25, -0.2) is 0 Å². The van der Waals surface area contributed by atoms with E-state index in [1.54, 1.807) is 12.4 Å². The fraction of sp³-hybridized carbons (Fsp3) is 0.455. The Kier molecular flexibility index (Phi) is 2.58. The minimum Gasteiger partial charge on any atom is -0.481 e. The highest BCUT2D eigenvalue weighted by Gasteiger charge is 2.44. The van der Waals surface area contributed by atoms with Crippen LogP contribution in [0.5, 0.6) is 0 Å². The van der Waals surface area contributed by atoms with E-state index in [0.29, 0.717) is 6.54 Å². The van der Waals surface area contributed by atoms with Crippen molar-refractivity contribution >= 4 is 11.7 Å². The van der Waals surface area contributed by atoms with Crippen LogP contribution in [0.4, 0.5) is 5.69 Å². The fourth-order valence-electron chi connectivity index (χ4n) is 1.81. The average Bonchev–Trinajstić information content (AvgIpc) is 2.17. The molecule has 15 heavy (non-hydrogen) atoms. The van der Waals surface area contributed by atoms with E-state index in [-0.39, 0.29) is 0 Å². The average molecular weight is 206 g/mol. The molecule has 0 aromatic carbocycles. The highest BCUT2D eigenvalue weighted by Crippen LogP contribution is 2.41. The Bertz CT molecular complexity index is 347. The number of carboxylic acid groups (broad SMARTS) is 1. The normalized spacial score (nSPS) is 17.9. The molecule has 1 heterocycles. The number of rotatable bonds is 4. The molecule has 1 saturated carbocycles. The number of pyridine rings is 1. The van der Waals surface area contributed by atoms with Crippen molar-refractivity contribution in [3.63, 3.8) is 0 Å². The summed E-state index contributed by atoms with van der Waals surface area (Å²) in [6, 6.07) is 3.72. The number of carboxylic acids is 1. The van der Waals surface area contributed by atoms with Crippen LogP contribution in [0.1, 0.15) is 19.3 Å². The first-order valence-electron chi connectivity index (χ1n) is 5.10. The molecule has 1 aliphatic rings. The number of hydrogen-bond acceptors (Lipinski definition) is 3. The quantitative estimate of drug-likeness (QED) is 0.787. The predicted molar refractivity (Wildman–Crippen MR) is 56.6 cm³/mol. The van der Waals surface area contributed by atoms with Crippen LogP contribution in [-0.4, -0.2) is 22.6 Å². The number of hydrogen-bond donors (Lipinski definition) is 2. The molecule has 2 N–H and O–H groups in total. The first-order valence-corrected chi connectivity index (χ1v) is 5.10. The van der Waals surface area contributed by atoms with Gasteiger partial charge in [0.05, 0.1) is 11.1 Å². The van der Waals surface area contributed by atoms with Crippen molar-refractivity contribution in [1.82, 2.24) is 4.98 Å². The van der Waals surface area contributed by atoms with Gasteiger partial charge in [-0.15, -0.1) is 0 Å². The third-order valence-electron chi connectivity index (χ3n) is 3.06. The van der Waals surface area contributed by atoms with Crippen molar-refractivity contribution in [3.8, 4) is 0 Å². The molecule has 1 aromatic heterocycles. The van der Waals surface area contributed by atoms with Crippen LogP contribution in [-0.2, 0) is 4.79 Å². The minimum atomic E-state index is -0.690. The molecule has 1 aromatic rings. The zero-order valence-corrected chi connectivity index (χ0v) is 8.44. The summed E-state index contributed by atoms with van der Waals surface area (Å²) in [5.41, 5.74) is 0.334. The highest BCUT2D eigenvalue weighted by atomic mass is 16.4. The monoisotopic (exact) mass is 206 g/mol. The zero-order chi connectivity index (χ0) is 10.7. The second kappa shape index (κ2) is 3.88. The summed E-state index contributed by atoms with van der Waals surface area (Å²) < 4.78 is 0. The van der Waals surface area contributed by atoms with Gasteiger partial charge in [-0.2, -0.15) is 0 Å². The second-order valence-electron chi connectivity index (χ2n) is 4.03. The van der Waals surface area contributed by atoms with Crippen molar-refractivity contribution < 1.29 is 9.90 Å². The number of carbonyl (C=O) groups is 1. The second-order valence-corrected chi connectivity index (χ2v) is 4.03. The SMILES string of the molecule is O=C(O)C1(CNc2cccnc2)CCC1. The van der Waals surface area contributed by atoms with E-state index in [2.05, 4.69) is 10.3 Å². The molecule has 0 bridgehead atoms. The highest BCUT2D eigenvalue weighted by molar-refractivity contribution is 5.76. The molecule has 1 fully saturated rings. The molecule has 4 nitrogen and oxygen atoms in total. The number of aliphatic carboxylic acids is 1. The zero-order valence-electron chi connectivity index (χ0n) is 8.44. The van der Waals surface area contributed by atoms with Crippen LogP contribution in [0.15, 0.2) is 24.5 Å². The molecule has 0 aliphatic heterocycles. The van der Waals surface area contributed by atoms with Gasteiger partial charge in [0, 0.05) is 18.9 Å². The Hall–Kier alpha value is -1.58. The van der Waals surface area contributed by atoms with Gasteiger partial charge in [-0.05, 0) is 25.0 Å². The maximum absolute atomic E-state index is 11.1. The maximum Gasteiger partial charge on any atom is 0.311 e.